The third kappa shape index (κ3) is 7.04. The SMILES string of the molecule is CCC(C(=O)NC(C)C)N(Cc1ccc(C)cc1)C(=O)CN(c1ccccc1)S(=O)(=O)N(C)C. The third-order valence-corrected chi connectivity index (χ3v) is 7.17. The number of anilines is 1. The molecule has 186 valence electrons. The van der Waals surface area contributed by atoms with Gasteiger partial charge in [0.05, 0.1) is 5.69 Å². The Morgan fingerprint density at radius 1 is 0.971 bits per heavy atom. The number of rotatable bonds is 11. The summed E-state index contributed by atoms with van der Waals surface area (Å²) in [7, 11) is -1.11. The van der Waals surface area contributed by atoms with Crippen LogP contribution in [-0.2, 0) is 26.3 Å². The highest BCUT2D eigenvalue weighted by Gasteiger charge is 2.33. The second kappa shape index (κ2) is 12.0. The predicted molar refractivity (Wildman–Crippen MR) is 135 cm³/mol. The molecule has 0 aliphatic rings. The molecule has 1 N–H and O–H groups in total. The first-order valence-corrected chi connectivity index (χ1v) is 12.8. The summed E-state index contributed by atoms with van der Waals surface area (Å²) in [5.41, 5.74) is 2.31. The van der Waals surface area contributed by atoms with Crippen LogP contribution in [0.5, 0.6) is 0 Å². The van der Waals surface area contributed by atoms with E-state index < -0.39 is 28.7 Å². The Kier molecular flexibility index (Phi) is 9.64. The molecule has 0 heterocycles. The molecule has 0 bridgehead atoms. The lowest BCUT2D eigenvalue weighted by molar-refractivity contribution is -0.140. The van der Waals surface area contributed by atoms with Crippen LogP contribution in [0.25, 0.3) is 0 Å². The summed E-state index contributed by atoms with van der Waals surface area (Å²) in [6.45, 7) is 7.29. The molecule has 34 heavy (non-hydrogen) atoms. The van der Waals surface area contributed by atoms with E-state index in [2.05, 4.69) is 5.32 Å². The van der Waals surface area contributed by atoms with E-state index in [-0.39, 0.29) is 18.5 Å². The van der Waals surface area contributed by atoms with Crippen molar-refractivity contribution in [2.24, 2.45) is 0 Å². The maximum absolute atomic E-state index is 13.7. The minimum atomic E-state index is -3.95. The van der Waals surface area contributed by atoms with Crippen LogP contribution in [0.4, 0.5) is 5.69 Å². The van der Waals surface area contributed by atoms with Gasteiger partial charge in [-0.25, -0.2) is 4.31 Å². The zero-order valence-corrected chi connectivity index (χ0v) is 21.7. The molecule has 0 fully saturated rings. The fraction of sp³-hybridized carbons (Fsp3) is 0.440. The van der Waals surface area contributed by atoms with E-state index in [1.54, 1.807) is 30.3 Å². The molecule has 0 spiro atoms. The van der Waals surface area contributed by atoms with E-state index in [1.807, 2.05) is 52.0 Å². The van der Waals surface area contributed by atoms with Gasteiger partial charge in [0.15, 0.2) is 0 Å². The predicted octanol–water partition coefficient (Wildman–Crippen LogP) is 2.94. The van der Waals surface area contributed by atoms with Crippen molar-refractivity contribution < 1.29 is 18.0 Å². The maximum Gasteiger partial charge on any atom is 0.304 e. The van der Waals surface area contributed by atoms with E-state index in [4.69, 9.17) is 0 Å². The van der Waals surface area contributed by atoms with Gasteiger partial charge in [-0.2, -0.15) is 12.7 Å². The highest BCUT2D eigenvalue weighted by molar-refractivity contribution is 7.90. The fourth-order valence-corrected chi connectivity index (χ4v) is 4.56. The van der Waals surface area contributed by atoms with Gasteiger partial charge in [-0.1, -0.05) is 55.0 Å². The van der Waals surface area contributed by atoms with Crippen molar-refractivity contribution in [3.8, 4) is 0 Å². The highest BCUT2D eigenvalue weighted by Crippen LogP contribution is 2.21. The van der Waals surface area contributed by atoms with Crippen LogP contribution in [0, 0.1) is 6.92 Å². The Bertz CT molecular complexity index is 1050. The molecule has 2 aromatic rings. The van der Waals surface area contributed by atoms with Gasteiger partial charge in [-0.15, -0.1) is 0 Å². The van der Waals surface area contributed by atoms with Crippen LogP contribution in [0.2, 0.25) is 0 Å². The summed E-state index contributed by atoms with van der Waals surface area (Å²) in [5.74, 6) is -0.722. The summed E-state index contributed by atoms with van der Waals surface area (Å²) >= 11 is 0. The number of carbonyl (C=O) groups excluding carboxylic acids is 2. The average Bonchev–Trinajstić information content (AvgIpc) is 2.78. The van der Waals surface area contributed by atoms with Gasteiger partial charge >= 0.3 is 10.2 Å². The molecular formula is C25H36N4O4S. The second-order valence-electron chi connectivity index (χ2n) is 8.73. The van der Waals surface area contributed by atoms with Crippen molar-refractivity contribution >= 4 is 27.7 Å². The zero-order valence-electron chi connectivity index (χ0n) is 20.9. The topological polar surface area (TPSA) is 90.0 Å². The first-order valence-electron chi connectivity index (χ1n) is 11.4. The summed E-state index contributed by atoms with van der Waals surface area (Å²) in [6.07, 6.45) is 0.391. The van der Waals surface area contributed by atoms with Crippen LogP contribution in [0.3, 0.4) is 0 Å². The van der Waals surface area contributed by atoms with Crippen molar-refractivity contribution in [2.45, 2.75) is 52.7 Å². The fourth-order valence-electron chi connectivity index (χ4n) is 3.50. The summed E-state index contributed by atoms with van der Waals surface area (Å²) in [5, 5.41) is 2.88. The molecule has 1 atom stereocenters. The van der Waals surface area contributed by atoms with Crippen LogP contribution in [0.15, 0.2) is 54.6 Å². The summed E-state index contributed by atoms with van der Waals surface area (Å²) in [4.78, 5) is 28.1. The molecule has 0 aliphatic carbocycles. The van der Waals surface area contributed by atoms with E-state index in [0.29, 0.717) is 12.1 Å². The second-order valence-corrected chi connectivity index (χ2v) is 10.8. The molecule has 9 heteroatoms. The van der Waals surface area contributed by atoms with Crippen molar-refractivity contribution in [1.29, 1.82) is 0 Å². The number of nitrogens with zero attached hydrogens (tertiary/aromatic N) is 3. The normalized spacial score (nSPS) is 12.5. The molecule has 0 aromatic heterocycles. The largest absolute Gasteiger partial charge is 0.352 e. The van der Waals surface area contributed by atoms with Crippen LogP contribution in [0.1, 0.15) is 38.3 Å². The monoisotopic (exact) mass is 488 g/mol. The highest BCUT2D eigenvalue weighted by atomic mass is 32.2. The van der Waals surface area contributed by atoms with Gasteiger partial charge in [0.1, 0.15) is 12.6 Å². The lowest BCUT2D eigenvalue weighted by Gasteiger charge is -2.34. The molecule has 1 unspecified atom stereocenters. The number of amides is 2. The van der Waals surface area contributed by atoms with Gasteiger partial charge < -0.3 is 10.2 Å². The number of aryl methyl sites for hydroxylation is 1. The van der Waals surface area contributed by atoms with Gasteiger partial charge in [-0.3, -0.25) is 9.59 Å². The molecule has 2 amide bonds. The molecule has 0 saturated carbocycles. The van der Waals surface area contributed by atoms with E-state index >= 15 is 0 Å². The Morgan fingerprint density at radius 3 is 2.06 bits per heavy atom. The Labute approximate surface area is 203 Å². The minimum absolute atomic E-state index is 0.0900. The number of nitrogens with one attached hydrogen (secondary N) is 1. The van der Waals surface area contributed by atoms with Crippen LogP contribution >= 0.6 is 0 Å². The van der Waals surface area contributed by atoms with Crippen molar-refractivity contribution in [1.82, 2.24) is 14.5 Å². The number of carbonyl (C=O) groups is 2. The molecular weight excluding hydrogens is 452 g/mol. The lowest BCUT2D eigenvalue weighted by Crippen LogP contribution is -2.54. The van der Waals surface area contributed by atoms with E-state index in [0.717, 1.165) is 19.7 Å². The van der Waals surface area contributed by atoms with Crippen LogP contribution < -0.4 is 9.62 Å². The molecule has 0 radical (unpaired) electrons. The van der Waals surface area contributed by atoms with Crippen molar-refractivity contribution in [2.75, 3.05) is 24.9 Å². The number of hydrogen-bond acceptors (Lipinski definition) is 4. The maximum atomic E-state index is 13.7. The first kappa shape index (κ1) is 27.3. The molecule has 8 nitrogen and oxygen atoms in total. The lowest BCUT2D eigenvalue weighted by atomic mass is 10.1. The quantitative estimate of drug-likeness (QED) is 0.527. The molecule has 0 saturated heterocycles. The van der Waals surface area contributed by atoms with E-state index in [1.165, 1.54) is 19.0 Å². The third-order valence-electron chi connectivity index (χ3n) is 5.35. The van der Waals surface area contributed by atoms with Gasteiger partial charge in [-0.05, 0) is 44.9 Å². The molecule has 2 aromatic carbocycles. The standard InChI is InChI=1S/C25H36N4O4S/c1-7-23(25(31)26-19(2)3)28(17-21-15-13-20(4)14-16-21)24(30)18-29(34(32,33)27(5)6)22-11-9-8-10-12-22/h8-16,19,23H,7,17-18H2,1-6H3,(H,26,31). The van der Waals surface area contributed by atoms with Gasteiger partial charge in [0, 0.05) is 26.7 Å². The first-order chi connectivity index (χ1) is 16.0. The molecule has 2 rings (SSSR count). The van der Waals surface area contributed by atoms with Gasteiger partial charge in [0.2, 0.25) is 11.8 Å². The Morgan fingerprint density at radius 2 is 1.56 bits per heavy atom. The summed E-state index contributed by atoms with van der Waals surface area (Å²) in [6, 6.07) is 15.4. The minimum Gasteiger partial charge on any atom is -0.352 e. The molecule has 0 aliphatic heterocycles. The number of para-hydroxylation sites is 1. The van der Waals surface area contributed by atoms with Crippen molar-refractivity contribution in [3.63, 3.8) is 0 Å². The van der Waals surface area contributed by atoms with Crippen LogP contribution in [-0.4, -0.2) is 62.2 Å². The van der Waals surface area contributed by atoms with E-state index in [9.17, 15) is 18.0 Å². The number of benzene rings is 2. The van der Waals surface area contributed by atoms with Gasteiger partial charge in [0.25, 0.3) is 0 Å². The summed E-state index contributed by atoms with van der Waals surface area (Å²) < 4.78 is 28.4. The Hall–Kier alpha value is -2.91. The number of hydrogen-bond donors (Lipinski definition) is 1. The van der Waals surface area contributed by atoms with Crippen molar-refractivity contribution in [3.05, 3.63) is 65.7 Å². The Balaban J connectivity index is 2.46. The smallest absolute Gasteiger partial charge is 0.304 e. The average molecular weight is 489 g/mol. The zero-order chi connectivity index (χ0) is 25.5.